The summed E-state index contributed by atoms with van der Waals surface area (Å²) in [4.78, 5) is 23.4. The van der Waals surface area contributed by atoms with Crippen molar-refractivity contribution in [3.8, 4) is 0 Å². The van der Waals surface area contributed by atoms with Gasteiger partial charge in [0.25, 0.3) is 0 Å². The summed E-state index contributed by atoms with van der Waals surface area (Å²) in [5, 5.41) is 8.71. The molecule has 0 aromatic carbocycles. The first-order valence-corrected chi connectivity index (χ1v) is 10.8. The summed E-state index contributed by atoms with van der Waals surface area (Å²) in [5.74, 6) is -3.43. The lowest BCUT2D eigenvalue weighted by molar-refractivity contribution is -0.371. The number of carboxylic acid groups (broad SMARTS) is 1. The molecular formula is C21H28F6O5. The summed E-state index contributed by atoms with van der Waals surface area (Å²) in [7, 11) is 0. The molecule has 4 bridgehead atoms. The van der Waals surface area contributed by atoms with Crippen molar-refractivity contribution in [1.29, 1.82) is 0 Å². The first kappa shape index (κ1) is 25.1. The number of carboxylic acids is 1. The number of carbonyl (C=O) groups is 2. The van der Waals surface area contributed by atoms with Crippen molar-refractivity contribution in [3.63, 3.8) is 0 Å². The highest BCUT2D eigenvalue weighted by Gasteiger charge is 2.75. The SMILES string of the molecule is CC(C)C(OCC12CC3CC(CC(C3)C1)C2)C(=O)OC(CC(=O)O)(C(F)(F)F)C(F)(F)F. The minimum atomic E-state index is -6.18. The van der Waals surface area contributed by atoms with Gasteiger partial charge in [-0.05, 0) is 67.6 Å². The van der Waals surface area contributed by atoms with Crippen LogP contribution >= 0.6 is 0 Å². The molecule has 11 heteroatoms. The highest BCUT2D eigenvalue weighted by molar-refractivity contribution is 5.77. The second-order valence-corrected chi connectivity index (χ2v) is 10.2. The van der Waals surface area contributed by atoms with Crippen LogP contribution in [0.4, 0.5) is 26.3 Å². The number of halogens is 6. The molecule has 0 aromatic rings. The molecule has 4 aliphatic rings. The largest absolute Gasteiger partial charge is 0.481 e. The van der Waals surface area contributed by atoms with Crippen LogP contribution in [0.1, 0.15) is 58.8 Å². The van der Waals surface area contributed by atoms with Crippen molar-refractivity contribution in [3.05, 3.63) is 0 Å². The Morgan fingerprint density at radius 3 is 1.72 bits per heavy atom. The number of carbonyl (C=O) groups excluding carboxylic acids is 1. The number of hydrogen-bond acceptors (Lipinski definition) is 4. The van der Waals surface area contributed by atoms with Crippen LogP contribution in [0.5, 0.6) is 0 Å². The van der Waals surface area contributed by atoms with Gasteiger partial charge in [-0.1, -0.05) is 13.8 Å². The Bertz CT molecular complexity index is 680. The predicted molar refractivity (Wildman–Crippen MR) is 98.4 cm³/mol. The molecular weight excluding hydrogens is 446 g/mol. The van der Waals surface area contributed by atoms with Crippen molar-refractivity contribution in [2.45, 2.75) is 82.9 Å². The molecule has 0 amide bonds. The van der Waals surface area contributed by atoms with Gasteiger partial charge in [0.1, 0.15) is 6.42 Å². The summed E-state index contributed by atoms with van der Waals surface area (Å²) in [6, 6.07) is 0. The fraction of sp³-hybridized carbons (Fsp3) is 0.905. The van der Waals surface area contributed by atoms with E-state index in [1.807, 2.05) is 0 Å². The summed E-state index contributed by atoms with van der Waals surface area (Å²) < 4.78 is 90.3. The third-order valence-electron chi connectivity index (χ3n) is 7.16. The Balaban J connectivity index is 1.78. The third kappa shape index (κ3) is 4.72. The van der Waals surface area contributed by atoms with Gasteiger partial charge >= 0.3 is 29.9 Å². The van der Waals surface area contributed by atoms with Gasteiger partial charge in [0.15, 0.2) is 6.10 Å². The van der Waals surface area contributed by atoms with Crippen LogP contribution in [-0.2, 0) is 19.1 Å². The van der Waals surface area contributed by atoms with Crippen LogP contribution < -0.4 is 0 Å². The Labute approximate surface area is 181 Å². The summed E-state index contributed by atoms with van der Waals surface area (Å²) in [6.45, 7) is 2.90. The van der Waals surface area contributed by atoms with E-state index < -0.39 is 48.3 Å². The van der Waals surface area contributed by atoms with Crippen LogP contribution in [-0.4, -0.2) is 47.7 Å². The van der Waals surface area contributed by atoms with E-state index in [1.165, 1.54) is 13.8 Å². The molecule has 4 aliphatic carbocycles. The monoisotopic (exact) mass is 474 g/mol. The number of esters is 1. The number of rotatable bonds is 8. The highest BCUT2D eigenvalue weighted by atomic mass is 19.4. The first-order valence-electron chi connectivity index (χ1n) is 10.8. The highest BCUT2D eigenvalue weighted by Crippen LogP contribution is 2.60. The maximum atomic E-state index is 13.4. The molecule has 0 aromatic heterocycles. The van der Waals surface area contributed by atoms with Crippen LogP contribution in [0.2, 0.25) is 0 Å². The molecule has 4 fully saturated rings. The lowest BCUT2D eigenvalue weighted by Gasteiger charge is -2.56. The van der Waals surface area contributed by atoms with Crippen LogP contribution in [0.3, 0.4) is 0 Å². The zero-order chi connectivity index (χ0) is 24.1. The van der Waals surface area contributed by atoms with Gasteiger partial charge in [-0.15, -0.1) is 0 Å². The number of ether oxygens (including phenoxy) is 2. The topological polar surface area (TPSA) is 72.8 Å². The number of hydrogen-bond donors (Lipinski definition) is 1. The minimum absolute atomic E-state index is 0.0540. The van der Waals surface area contributed by atoms with Gasteiger partial charge in [0, 0.05) is 0 Å². The van der Waals surface area contributed by atoms with E-state index in [9.17, 15) is 35.9 Å². The van der Waals surface area contributed by atoms with E-state index in [1.54, 1.807) is 0 Å². The van der Waals surface area contributed by atoms with Gasteiger partial charge < -0.3 is 14.6 Å². The molecule has 1 unspecified atom stereocenters. The van der Waals surface area contributed by atoms with E-state index in [-0.39, 0.29) is 12.0 Å². The van der Waals surface area contributed by atoms with E-state index in [2.05, 4.69) is 4.74 Å². The normalized spacial score (nSPS) is 31.1. The zero-order valence-corrected chi connectivity index (χ0v) is 17.9. The minimum Gasteiger partial charge on any atom is -0.481 e. The van der Waals surface area contributed by atoms with E-state index in [4.69, 9.17) is 9.84 Å². The quantitative estimate of drug-likeness (QED) is 0.390. The van der Waals surface area contributed by atoms with E-state index in [0.29, 0.717) is 17.8 Å². The van der Waals surface area contributed by atoms with Crippen LogP contribution in [0, 0.1) is 29.1 Å². The molecule has 1 N–H and O–H groups in total. The fourth-order valence-electron chi connectivity index (χ4n) is 6.22. The molecule has 4 rings (SSSR count). The van der Waals surface area contributed by atoms with Gasteiger partial charge in [-0.3, -0.25) is 4.79 Å². The predicted octanol–water partition coefficient (Wildman–Crippen LogP) is 5.13. The van der Waals surface area contributed by atoms with Crippen molar-refractivity contribution in [1.82, 2.24) is 0 Å². The average Bonchev–Trinajstić information content (AvgIpc) is 2.57. The summed E-state index contributed by atoms with van der Waals surface area (Å²) in [6.07, 6.45) is -10.5. The number of alkyl halides is 6. The smallest absolute Gasteiger partial charge is 0.438 e. The van der Waals surface area contributed by atoms with E-state index in [0.717, 1.165) is 38.5 Å². The van der Waals surface area contributed by atoms with Crippen LogP contribution in [0.25, 0.3) is 0 Å². The Hall–Kier alpha value is -1.52. The molecule has 0 aliphatic heterocycles. The van der Waals surface area contributed by atoms with Crippen molar-refractivity contribution in [2.24, 2.45) is 29.1 Å². The Morgan fingerprint density at radius 1 is 0.938 bits per heavy atom. The standard InChI is InChI=1S/C21H28F6O5/c1-11(2)16(31-10-18-6-12-3-13(7-18)5-14(4-12)8-18)17(30)32-19(9-15(28)29,20(22,23)24)21(25,26)27/h11-14,16H,3-10H2,1-2H3,(H,28,29). The zero-order valence-electron chi connectivity index (χ0n) is 17.9. The molecule has 32 heavy (non-hydrogen) atoms. The van der Waals surface area contributed by atoms with Gasteiger partial charge in [0.2, 0.25) is 0 Å². The molecule has 0 spiro atoms. The van der Waals surface area contributed by atoms with Gasteiger partial charge in [-0.2, -0.15) is 26.3 Å². The maximum Gasteiger partial charge on any atom is 0.438 e. The molecule has 4 saturated carbocycles. The third-order valence-corrected chi connectivity index (χ3v) is 7.16. The summed E-state index contributed by atoms with van der Waals surface area (Å²) in [5.41, 5.74) is -5.38. The number of aliphatic carboxylic acids is 1. The molecule has 0 radical (unpaired) electrons. The summed E-state index contributed by atoms with van der Waals surface area (Å²) >= 11 is 0. The van der Waals surface area contributed by atoms with Crippen LogP contribution in [0.15, 0.2) is 0 Å². The van der Waals surface area contributed by atoms with Crippen molar-refractivity contribution < 1.29 is 50.5 Å². The second-order valence-electron chi connectivity index (χ2n) is 10.2. The Morgan fingerprint density at radius 2 is 1.38 bits per heavy atom. The average molecular weight is 474 g/mol. The van der Waals surface area contributed by atoms with Crippen molar-refractivity contribution in [2.75, 3.05) is 6.61 Å². The molecule has 5 nitrogen and oxygen atoms in total. The fourth-order valence-corrected chi connectivity index (χ4v) is 6.22. The maximum absolute atomic E-state index is 13.4. The molecule has 1 atom stereocenters. The first-order chi connectivity index (χ1) is 14.6. The lowest BCUT2D eigenvalue weighted by Crippen LogP contribution is -2.62. The van der Waals surface area contributed by atoms with E-state index >= 15 is 0 Å². The molecule has 0 heterocycles. The van der Waals surface area contributed by atoms with Gasteiger partial charge in [-0.25, -0.2) is 4.79 Å². The van der Waals surface area contributed by atoms with Crippen molar-refractivity contribution >= 4 is 11.9 Å². The van der Waals surface area contributed by atoms with Gasteiger partial charge in [0.05, 0.1) is 6.61 Å². The lowest BCUT2D eigenvalue weighted by atomic mass is 9.50. The Kier molecular flexibility index (Phi) is 6.56. The second kappa shape index (κ2) is 8.36. The molecule has 184 valence electrons. The molecule has 0 saturated heterocycles.